The number of aromatic nitrogens is 2. The molecule has 28 heavy (non-hydrogen) atoms. The summed E-state index contributed by atoms with van der Waals surface area (Å²) in [6.45, 7) is 0. The highest BCUT2D eigenvalue weighted by Crippen LogP contribution is 2.27. The number of anilines is 1. The van der Waals surface area contributed by atoms with Gasteiger partial charge in [0.2, 0.25) is 5.91 Å². The Morgan fingerprint density at radius 3 is 2.61 bits per heavy atom. The van der Waals surface area contributed by atoms with Crippen molar-refractivity contribution in [2.75, 3.05) is 12.4 Å². The van der Waals surface area contributed by atoms with Gasteiger partial charge >= 0.3 is 0 Å². The molecule has 0 aliphatic carbocycles. The number of nitrogens with zero attached hydrogens (tertiary/aromatic N) is 2. The van der Waals surface area contributed by atoms with E-state index in [4.69, 9.17) is 4.74 Å². The average Bonchev–Trinajstić information content (AvgIpc) is 3.17. The Morgan fingerprint density at radius 1 is 1.04 bits per heavy atom. The number of para-hydroxylation sites is 1. The lowest BCUT2D eigenvalue weighted by Gasteiger charge is -2.07. The summed E-state index contributed by atoms with van der Waals surface area (Å²) < 4.78 is 7.10. The molecule has 0 aliphatic rings. The van der Waals surface area contributed by atoms with Crippen LogP contribution < -0.4 is 10.1 Å². The largest absolute Gasteiger partial charge is 0.497 e. The number of methoxy groups -OCH3 is 1. The van der Waals surface area contributed by atoms with E-state index in [0.717, 1.165) is 33.9 Å². The van der Waals surface area contributed by atoms with E-state index >= 15 is 0 Å². The van der Waals surface area contributed by atoms with Gasteiger partial charge in [0.05, 0.1) is 18.5 Å². The van der Waals surface area contributed by atoms with Crippen LogP contribution in [0.4, 0.5) is 5.69 Å². The normalized spacial score (nSPS) is 11.0. The Morgan fingerprint density at radius 2 is 1.82 bits per heavy atom. The molecule has 1 N–H and O–H groups in total. The minimum absolute atomic E-state index is 0.202. The van der Waals surface area contributed by atoms with Crippen LogP contribution >= 0.6 is 0 Å². The van der Waals surface area contributed by atoms with Crippen molar-refractivity contribution in [2.45, 2.75) is 0 Å². The van der Waals surface area contributed by atoms with E-state index in [2.05, 4.69) is 10.3 Å². The summed E-state index contributed by atoms with van der Waals surface area (Å²) in [5, 5.41) is 2.95. The molecular weight excluding hydrogens is 350 g/mol. The first kappa shape index (κ1) is 17.5. The first-order valence-corrected chi connectivity index (χ1v) is 8.89. The molecule has 2 heterocycles. The third-order valence-corrected chi connectivity index (χ3v) is 4.37. The first-order valence-electron chi connectivity index (χ1n) is 8.89. The van der Waals surface area contributed by atoms with E-state index in [0.29, 0.717) is 0 Å². The zero-order valence-corrected chi connectivity index (χ0v) is 15.4. The molecule has 2 aromatic carbocycles. The number of carbonyl (C=O) groups is 1. The first-order chi connectivity index (χ1) is 13.7. The molecule has 0 fully saturated rings. The van der Waals surface area contributed by atoms with E-state index < -0.39 is 0 Å². The van der Waals surface area contributed by atoms with Crippen LogP contribution in [-0.2, 0) is 4.79 Å². The molecular formula is C23H19N3O2. The smallest absolute Gasteiger partial charge is 0.248 e. The molecule has 5 nitrogen and oxygen atoms in total. The second kappa shape index (κ2) is 7.80. The number of fused-ring (bicyclic) bond motifs is 1. The zero-order chi connectivity index (χ0) is 19.3. The Bertz CT molecular complexity index is 1110. The van der Waals surface area contributed by atoms with Crippen molar-refractivity contribution < 1.29 is 9.53 Å². The molecule has 2 aromatic heterocycles. The van der Waals surface area contributed by atoms with Crippen LogP contribution in [0.25, 0.3) is 23.0 Å². The Labute approximate surface area is 162 Å². The van der Waals surface area contributed by atoms with Gasteiger partial charge in [0.1, 0.15) is 11.4 Å². The maximum absolute atomic E-state index is 12.4. The van der Waals surface area contributed by atoms with Gasteiger partial charge < -0.3 is 14.5 Å². The molecule has 138 valence electrons. The van der Waals surface area contributed by atoms with Gasteiger partial charge in [0.25, 0.3) is 0 Å². The second-order valence-corrected chi connectivity index (χ2v) is 6.23. The number of rotatable bonds is 5. The zero-order valence-electron chi connectivity index (χ0n) is 15.4. The molecule has 0 aliphatic heterocycles. The molecule has 0 atom stereocenters. The summed E-state index contributed by atoms with van der Waals surface area (Å²) in [6.07, 6.45) is 7.18. The van der Waals surface area contributed by atoms with E-state index in [1.807, 2.05) is 83.5 Å². The standard InChI is InChI=1S/C23H19N3O2/c1-28-18-12-9-17(10-13-18)11-14-23(27)25-20-7-3-2-6-19(20)21-16-26-15-5-4-8-22(26)24-21/h2-16H,1H3,(H,25,27)/b14-11+. The van der Waals surface area contributed by atoms with Gasteiger partial charge in [-0.15, -0.1) is 0 Å². The molecule has 0 spiro atoms. The number of pyridine rings is 1. The number of hydrogen-bond acceptors (Lipinski definition) is 3. The lowest BCUT2D eigenvalue weighted by atomic mass is 10.1. The molecule has 0 radical (unpaired) electrons. The van der Waals surface area contributed by atoms with Crippen molar-refractivity contribution in [3.63, 3.8) is 0 Å². The highest BCUT2D eigenvalue weighted by atomic mass is 16.5. The van der Waals surface area contributed by atoms with Crippen molar-refractivity contribution in [3.8, 4) is 17.0 Å². The highest BCUT2D eigenvalue weighted by Gasteiger charge is 2.10. The molecule has 4 rings (SSSR count). The van der Waals surface area contributed by atoms with Crippen LogP contribution in [0.15, 0.2) is 85.2 Å². The fourth-order valence-corrected chi connectivity index (χ4v) is 2.94. The summed E-state index contributed by atoms with van der Waals surface area (Å²) in [7, 11) is 1.62. The highest BCUT2D eigenvalue weighted by molar-refractivity contribution is 6.04. The molecule has 1 amide bonds. The third-order valence-electron chi connectivity index (χ3n) is 4.37. The maximum Gasteiger partial charge on any atom is 0.248 e. The van der Waals surface area contributed by atoms with Crippen LogP contribution in [-0.4, -0.2) is 22.4 Å². The summed E-state index contributed by atoms with van der Waals surface area (Å²) in [5.74, 6) is 0.579. The molecule has 5 heteroatoms. The van der Waals surface area contributed by atoms with Crippen LogP contribution in [0.1, 0.15) is 5.56 Å². The van der Waals surface area contributed by atoms with Crippen LogP contribution in [0.2, 0.25) is 0 Å². The number of ether oxygens (including phenoxy) is 1. The third kappa shape index (κ3) is 3.78. The Hall–Kier alpha value is -3.86. The Balaban J connectivity index is 1.54. The van der Waals surface area contributed by atoms with Crippen LogP contribution in [0.3, 0.4) is 0 Å². The van der Waals surface area contributed by atoms with Gasteiger partial charge in [0, 0.05) is 24.0 Å². The van der Waals surface area contributed by atoms with Gasteiger partial charge in [-0.2, -0.15) is 0 Å². The van der Waals surface area contributed by atoms with Crippen molar-refractivity contribution >= 4 is 23.3 Å². The van der Waals surface area contributed by atoms with Gasteiger partial charge in [-0.05, 0) is 42.0 Å². The monoisotopic (exact) mass is 369 g/mol. The lowest BCUT2D eigenvalue weighted by Crippen LogP contribution is -2.08. The number of carbonyl (C=O) groups excluding carboxylic acids is 1. The molecule has 0 saturated heterocycles. The minimum Gasteiger partial charge on any atom is -0.497 e. The summed E-state index contributed by atoms with van der Waals surface area (Å²) >= 11 is 0. The average molecular weight is 369 g/mol. The summed E-state index contributed by atoms with van der Waals surface area (Å²) in [5.41, 5.74) is 4.18. The van der Waals surface area contributed by atoms with E-state index in [9.17, 15) is 4.79 Å². The summed E-state index contributed by atoms with van der Waals surface area (Å²) in [6, 6.07) is 21.0. The van der Waals surface area contributed by atoms with E-state index in [-0.39, 0.29) is 5.91 Å². The maximum atomic E-state index is 12.4. The van der Waals surface area contributed by atoms with Gasteiger partial charge in [0.15, 0.2) is 0 Å². The van der Waals surface area contributed by atoms with Crippen molar-refractivity contribution in [1.82, 2.24) is 9.38 Å². The van der Waals surface area contributed by atoms with E-state index in [1.54, 1.807) is 13.2 Å². The lowest BCUT2D eigenvalue weighted by molar-refractivity contribution is -0.111. The Kier molecular flexibility index (Phi) is 4.89. The molecule has 0 unspecified atom stereocenters. The predicted octanol–water partition coefficient (Wildman–Crippen LogP) is 4.66. The van der Waals surface area contributed by atoms with Crippen molar-refractivity contribution in [2.24, 2.45) is 0 Å². The number of benzene rings is 2. The van der Waals surface area contributed by atoms with Gasteiger partial charge in [-0.25, -0.2) is 4.98 Å². The molecule has 4 aromatic rings. The predicted molar refractivity (Wildman–Crippen MR) is 111 cm³/mol. The second-order valence-electron chi connectivity index (χ2n) is 6.23. The quantitative estimate of drug-likeness (QED) is 0.521. The van der Waals surface area contributed by atoms with Gasteiger partial charge in [-0.3, -0.25) is 4.79 Å². The van der Waals surface area contributed by atoms with Crippen molar-refractivity contribution in [1.29, 1.82) is 0 Å². The number of hydrogen-bond donors (Lipinski definition) is 1. The fraction of sp³-hybridized carbons (Fsp3) is 0.0435. The molecule has 0 saturated carbocycles. The SMILES string of the molecule is COc1ccc(/C=C/C(=O)Nc2ccccc2-c2cn3ccccc3n2)cc1. The number of imidazole rings is 1. The van der Waals surface area contributed by atoms with Crippen LogP contribution in [0, 0.1) is 0 Å². The topological polar surface area (TPSA) is 55.6 Å². The van der Waals surface area contributed by atoms with E-state index in [1.165, 1.54) is 6.08 Å². The van der Waals surface area contributed by atoms with Crippen molar-refractivity contribution in [3.05, 3.63) is 90.8 Å². The van der Waals surface area contributed by atoms with Gasteiger partial charge in [-0.1, -0.05) is 36.4 Å². The minimum atomic E-state index is -0.202. The number of nitrogens with one attached hydrogen (secondary N) is 1. The molecule has 0 bridgehead atoms. The van der Waals surface area contributed by atoms with Crippen LogP contribution in [0.5, 0.6) is 5.75 Å². The number of amides is 1. The fourth-order valence-electron chi connectivity index (χ4n) is 2.94. The summed E-state index contributed by atoms with van der Waals surface area (Å²) in [4.78, 5) is 17.1.